The molecule has 4 heteroatoms. The van der Waals surface area contributed by atoms with Crippen LogP contribution in [0.5, 0.6) is 5.75 Å². The highest BCUT2D eigenvalue weighted by atomic mass is 32.1. The van der Waals surface area contributed by atoms with Crippen molar-refractivity contribution in [1.82, 2.24) is 0 Å². The minimum atomic E-state index is -1.22. The molecule has 0 N–H and O–H groups in total. The fourth-order valence-corrected chi connectivity index (χ4v) is 0.813. The molecule has 0 aliphatic carbocycles. The number of rotatable bonds is 2. The van der Waals surface area contributed by atoms with Gasteiger partial charge in [-0.15, -0.1) is 0 Å². The molecule has 3 nitrogen and oxygen atoms in total. The summed E-state index contributed by atoms with van der Waals surface area (Å²) in [5, 5.41) is 10.4. The van der Waals surface area contributed by atoms with E-state index in [1.54, 1.807) is 18.2 Å². The van der Waals surface area contributed by atoms with Gasteiger partial charge >= 0.3 is 5.97 Å². The molecule has 0 spiro atoms. The predicted octanol–water partition coefficient (Wildman–Crippen LogP) is 1.38. The Morgan fingerprint density at radius 2 is 1.92 bits per heavy atom. The fourth-order valence-electron chi connectivity index (χ4n) is 0.813. The summed E-state index contributed by atoms with van der Waals surface area (Å²) in [7, 11) is 1.42. The highest BCUT2D eigenvalue weighted by Crippen LogP contribution is 2.16. The van der Waals surface area contributed by atoms with Crippen LogP contribution in [0.1, 0.15) is 10.4 Å². The van der Waals surface area contributed by atoms with Gasteiger partial charge < -0.3 is 4.74 Å². The third-order valence-corrected chi connectivity index (χ3v) is 1.33. The monoisotopic (exact) mass is 185 g/mol. The lowest BCUT2D eigenvalue weighted by Gasteiger charge is -2.00. The van der Waals surface area contributed by atoms with E-state index < -0.39 is 5.97 Å². The van der Waals surface area contributed by atoms with Gasteiger partial charge in [0.25, 0.3) is 0 Å². The van der Waals surface area contributed by atoms with Gasteiger partial charge in [-0.3, -0.25) is 0 Å². The van der Waals surface area contributed by atoms with Crippen LogP contribution in [0.2, 0.25) is 0 Å². The smallest absolute Gasteiger partial charge is 0.390 e. The summed E-state index contributed by atoms with van der Waals surface area (Å²) in [5.41, 5.74) is 0.0787. The predicted molar refractivity (Wildman–Crippen MR) is 48.4 cm³/mol. The molecule has 1 rings (SSSR count). The van der Waals surface area contributed by atoms with Crippen LogP contribution in [0, 0.1) is 0 Å². The van der Waals surface area contributed by atoms with Crippen LogP contribution in [-0.2, 0) is 5.11 Å². The largest absolute Gasteiger partial charge is 0.496 e. The van der Waals surface area contributed by atoms with Crippen LogP contribution in [0.15, 0.2) is 24.3 Å². The average molecular weight is 185 g/mol. The van der Waals surface area contributed by atoms with E-state index in [-0.39, 0.29) is 19.1 Å². The molecule has 0 bridgehead atoms. The number of para-hydroxylation sites is 1. The zero-order valence-corrected chi connectivity index (χ0v) is 7.53. The third-order valence-electron chi connectivity index (χ3n) is 1.33. The summed E-state index contributed by atoms with van der Waals surface area (Å²) in [5.74, 6) is -0.894. The third kappa shape index (κ3) is 2.17. The van der Waals surface area contributed by atoms with Crippen molar-refractivity contribution in [3.63, 3.8) is 0 Å². The number of carbonyl (C=O) groups excluding carboxylic acids is 1. The maximum atomic E-state index is 10.4. The van der Waals surface area contributed by atoms with Gasteiger partial charge in [0.1, 0.15) is 11.3 Å². The summed E-state index contributed by atoms with van der Waals surface area (Å²) in [6.45, 7) is 0. The summed E-state index contributed by atoms with van der Waals surface area (Å²) in [6, 6.07) is 6.33. The molecule has 0 aliphatic heterocycles. The first kappa shape index (κ1) is 10.8. The molecule has 0 unspecified atom stereocenters. The van der Waals surface area contributed by atoms with Gasteiger partial charge in [0.15, 0.2) is 0 Å². The highest BCUT2D eigenvalue weighted by molar-refractivity contribution is 7.59. The van der Waals surface area contributed by atoms with E-state index in [0.717, 1.165) is 0 Å². The van der Waals surface area contributed by atoms with Crippen molar-refractivity contribution in [3.05, 3.63) is 29.8 Å². The number of methoxy groups -OCH3 is 1. The normalized spacial score (nSPS) is 8.42. The van der Waals surface area contributed by atoms with Crippen molar-refractivity contribution >= 4 is 19.5 Å². The van der Waals surface area contributed by atoms with Gasteiger partial charge in [0.05, 0.1) is 7.11 Å². The quantitative estimate of drug-likeness (QED) is 0.698. The molecule has 0 saturated heterocycles. The zero-order chi connectivity index (χ0) is 8.27. The van der Waals surface area contributed by atoms with E-state index in [1.165, 1.54) is 13.2 Å². The molecule has 65 valence electrons. The minimum Gasteiger partial charge on any atom is -0.496 e. The Balaban J connectivity index is 0.00000121. The van der Waals surface area contributed by atoms with Gasteiger partial charge in [-0.2, -0.15) is 13.5 Å². The second kappa shape index (κ2) is 4.66. The molecular weight excluding hydrogens is 176 g/mol. The number of hydrogen-bond donors (Lipinski definition) is 0. The first-order chi connectivity index (χ1) is 5.25. The number of carbonyl (C=O) groups is 1. The minimum absolute atomic E-state index is 0. The van der Waals surface area contributed by atoms with Crippen LogP contribution in [0.3, 0.4) is 0 Å². The SMILES string of the molecule is COc1ccccc1C([O])=O.S. The second-order valence-corrected chi connectivity index (χ2v) is 1.99. The molecule has 0 aromatic heterocycles. The number of ether oxygens (including phenoxy) is 1. The Morgan fingerprint density at radius 1 is 1.33 bits per heavy atom. The van der Waals surface area contributed by atoms with Crippen LogP contribution in [-0.4, -0.2) is 13.1 Å². The number of benzene rings is 1. The summed E-state index contributed by atoms with van der Waals surface area (Å²) in [6.07, 6.45) is 0. The van der Waals surface area contributed by atoms with Crippen molar-refractivity contribution in [2.24, 2.45) is 0 Å². The van der Waals surface area contributed by atoms with E-state index in [9.17, 15) is 9.90 Å². The maximum Gasteiger partial charge on any atom is 0.390 e. The molecule has 1 radical (unpaired) electrons. The molecule has 0 atom stereocenters. The summed E-state index contributed by atoms with van der Waals surface area (Å²) in [4.78, 5) is 10.4. The van der Waals surface area contributed by atoms with E-state index >= 15 is 0 Å². The first-order valence-electron chi connectivity index (χ1n) is 3.10. The lowest BCUT2D eigenvalue weighted by atomic mass is 10.2. The van der Waals surface area contributed by atoms with Gasteiger partial charge in [-0.1, -0.05) is 12.1 Å². The average Bonchev–Trinajstić information content (AvgIpc) is 2.04. The Hall–Kier alpha value is -1.16. The van der Waals surface area contributed by atoms with Crippen molar-refractivity contribution < 1.29 is 14.6 Å². The van der Waals surface area contributed by atoms with Crippen molar-refractivity contribution in [2.45, 2.75) is 0 Å². The maximum absolute atomic E-state index is 10.4. The standard InChI is InChI=1S/C8H7O3.H2S/c1-11-7-5-3-2-4-6(7)8(9)10;/h2-5H,1H3;1H2. The molecular formula is C8H9O3S. The molecule has 0 aliphatic rings. The van der Waals surface area contributed by atoms with E-state index in [4.69, 9.17) is 4.74 Å². The van der Waals surface area contributed by atoms with Crippen LogP contribution >= 0.6 is 13.5 Å². The van der Waals surface area contributed by atoms with Gasteiger partial charge in [-0.25, -0.2) is 9.90 Å². The van der Waals surface area contributed by atoms with Crippen molar-refractivity contribution in [2.75, 3.05) is 7.11 Å². The topological polar surface area (TPSA) is 46.2 Å². The van der Waals surface area contributed by atoms with Gasteiger partial charge in [0.2, 0.25) is 0 Å². The van der Waals surface area contributed by atoms with Crippen LogP contribution in [0.25, 0.3) is 0 Å². The Bertz CT molecular complexity index is 273. The number of hydrogen-bond acceptors (Lipinski definition) is 2. The second-order valence-electron chi connectivity index (χ2n) is 1.99. The summed E-state index contributed by atoms with van der Waals surface area (Å²) >= 11 is 0. The van der Waals surface area contributed by atoms with E-state index in [2.05, 4.69) is 0 Å². The lowest BCUT2D eigenvalue weighted by molar-refractivity contribution is 0.0569. The molecule has 0 saturated carbocycles. The zero-order valence-electron chi connectivity index (χ0n) is 6.53. The van der Waals surface area contributed by atoms with E-state index in [0.29, 0.717) is 5.75 Å². The molecule has 12 heavy (non-hydrogen) atoms. The molecule has 1 aromatic rings. The Kier molecular flexibility index (Phi) is 4.21. The van der Waals surface area contributed by atoms with E-state index in [1.807, 2.05) is 0 Å². The van der Waals surface area contributed by atoms with Crippen molar-refractivity contribution in [3.8, 4) is 5.75 Å². The van der Waals surface area contributed by atoms with Crippen LogP contribution < -0.4 is 4.74 Å². The Morgan fingerprint density at radius 3 is 2.33 bits per heavy atom. The molecule has 0 amide bonds. The Labute approximate surface area is 77.4 Å². The van der Waals surface area contributed by atoms with Gasteiger partial charge in [0, 0.05) is 0 Å². The molecule has 0 heterocycles. The van der Waals surface area contributed by atoms with Crippen molar-refractivity contribution in [1.29, 1.82) is 0 Å². The molecule has 0 fully saturated rings. The fraction of sp³-hybridized carbons (Fsp3) is 0.125. The summed E-state index contributed by atoms with van der Waals surface area (Å²) < 4.78 is 4.79. The first-order valence-corrected chi connectivity index (χ1v) is 3.10. The highest BCUT2D eigenvalue weighted by Gasteiger charge is 2.09. The van der Waals surface area contributed by atoms with Gasteiger partial charge in [-0.05, 0) is 12.1 Å². The van der Waals surface area contributed by atoms with Crippen LogP contribution in [0.4, 0.5) is 0 Å². The lowest BCUT2D eigenvalue weighted by Crippen LogP contribution is -1.97. The molecule has 1 aromatic carbocycles.